The topological polar surface area (TPSA) is 56.2 Å². The van der Waals surface area contributed by atoms with E-state index in [9.17, 15) is 9.18 Å². The van der Waals surface area contributed by atoms with Gasteiger partial charge in [-0.1, -0.05) is 53.0 Å². The van der Waals surface area contributed by atoms with E-state index in [1.165, 1.54) is 16.8 Å². The molecule has 0 fully saturated rings. The van der Waals surface area contributed by atoms with Gasteiger partial charge in [0, 0.05) is 27.4 Å². The zero-order chi connectivity index (χ0) is 24.2. The van der Waals surface area contributed by atoms with E-state index in [2.05, 4.69) is 26.3 Å². The van der Waals surface area contributed by atoms with Gasteiger partial charge in [-0.15, -0.1) is 0 Å². The molecule has 5 nitrogen and oxygen atoms in total. The number of amides is 1. The Morgan fingerprint density at radius 1 is 1.06 bits per heavy atom. The van der Waals surface area contributed by atoms with Crippen molar-refractivity contribution < 1.29 is 13.9 Å². The molecule has 0 radical (unpaired) electrons. The average molecular weight is 584 g/mol. The van der Waals surface area contributed by atoms with Crippen LogP contribution in [-0.4, -0.2) is 15.7 Å². The second-order valence-corrected chi connectivity index (χ2v) is 9.35. The summed E-state index contributed by atoms with van der Waals surface area (Å²) in [6, 6.07) is 16.4. The molecule has 0 aliphatic carbocycles. The quantitative estimate of drug-likeness (QED) is 0.244. The Balaban J connectivity index is 1.44. The van der Waals surface area contributed by atoms with E-state index in [-0.39, 0.29) is 19.1 Å². The molecule has 0 unspecified atom stereocenters. The normalized spacial score (nSPS) is 10.9. The summed E-state index contributed by atoms with van der Waals surface area (Å²) < 4.78 is 21.9. The minimum atomic E-state index is -0.427. The number of carbonyl (C=O) groups excluding carboxylic acids is 1. The Morgan fingerprint density at radius 2 is 1.85 bits per heavy atom. The second kappa shape index (κ2) is 10.8. The van der Waals surface area contributed by atoms with Gasteiger partial charge in [0.1, 0.15) is 18.2 Å². The number of hydrogen-bond acceptors (Lipinski definition) is 3. The van der Waals surface area contributed by atoms with Crippen molar-refractivity contribution in [2.24, 2.45) is 0 Å². The van der Waals surface area contributed by atoms with Gasteiger partial charge in [0.2, 0.25) is 0 Å². The first-order chi connectivity index (χ1) is 16.3. The van der Waals surface area contributed by atoms with Crippen LogP contribution in [-0.2, 0) is 13.2 Å². The maximum Gasteiger partial charge on any atom is 0.256 e. The van der Waals surface area contributed by atoms with Crippen molar-refractivity contribution >= 4 is 62.5 Å². The summed E-state index contributed by atoms with van der Waals surface area (Å²) in [4.78, 5) is 12.8. The second-order valence-electron chi connectivity index (χ2n) is 7.24. The molecule has 1 aromatic heterocycles. The van der Waals surface area contributed by atoms with E-state index >= 15 is 0 Å². The van der Waals surface area contributed by atoms with Crippen molar-refractivity contribution in [2.45, 2.75) is 13.2 Å². The molecule has 174 valence electrons. The summed E-state index contributed by atoms with van der Waals surface area (Å²) >= 11 is 21.5. The van der Waals surface area contributed by atoms with Gasteiger partial charge < -0.3 is 10.1 Å². The maximum absolute atomic E-state index is 14.1. The van der Waals surface area contributed by atoms with Crippen molar-refractivity contribution in [3.8, 4) is 5.75 Å². The number of hydrogen-bond donors (Lipinski definition) is 1. The largest absolute Gasteiger partial charge is 0.487 e. The Morgan fingerprint density at radius 3 is 2.62 bits per heavy atom. The zero-order valence-corrected chi connectivity index (χ0v) is 21.2. The van der Waals surface area contributed by atoms with Crippen LogP contribution in [0.3, 0.4) is 0 Å². The number of aromatic nitrogens is 2. The third-order valence-corrected chi connectivity index (χ3v) is 6.27. The summed E-state index contributed by atoms with van der Waals surface area (Å²) in [5, 5.41) is 8.31. The molecule has 4 aromatic rings. The fraction of sp³-hybridized carbons (Fsp3) is 0.0833. The van der Waals surface area contributed by atoms with E-state index in [0.29, 0.717) is 42.2 Å². The summed E-state index contributed by atoms with van der Waals surface area (Å²) in [5.74, 6) is 0.00212. The number of nitrogens with zero attached hydrogens (tertiary/aromatic N) is 2. The number of nitrogens with one attached hydrogen (secondary N) is 1. The van der Waals surface area contributed by atoms with Crippen LogP contribution in [0.5, 0.6) is 5.75 Å². The lowest BCUT2D eigenvalue weighted by Gasteiger charge is -2.10. The van der Waals surface area contributed by atoms with Crippen molar-refractivity contribution in [3.05, 3.63) is 109 Å². The van der Waals surface area contributed by atoms with E-state index in [0.717, 1.165) is 5.56 Å². The first kappa shape index (κ1) is 24.5. The van der Waals surface area contributed by atoms with Crippen molar-refractivity contribution in [2.75, 3.05) is 5.32 Å². The van der Waals surface area contributed by atoms with Gasteiger partial charge in [0.15, 0.2) is 5.82 Å². The van der Waals surface area contributed by atoms with Crippen LogP contribution in [0.25, 0.3) is 0 Å². The van der Waals surface area contributed by atoms with E-state index in [4.69, 9.17) is 39.5 Å². The SMILES string of the molecule is O=C(Nc1nn(Cc2c(F)cccc2Cl)cc1Br)c1cccc(COc2ccc(Cl)cc2Cl)c1. The first-order valence-corrected chi connectivity index (χ1v) is 11.9. The van der Waals surface area contributed by atoms with Gasteiger partial charge in [0.05, 0.1) is 16.0 Å². The molecule has 0 bridgehead atoms. The summed E-state index contributed by atoms with van der Waals surface area (Å²) in [7, 11) is 0. The number of carbonyl (C=O) groups is 1. The molecule has 0 atom stereocenters. The highest BCUT2D eigenvalue weighted by molar-refractivity contribution is 9.10. The fourth-order valence-corrected chi connectivity index (χ4v) is 4.24. The Kier molecular flexibility index (Phi) is 7.78. The molecule has 0 aliphatic rings. The number of benzene rings is 3. The molecular formula is C24H16BrCl3FN3O2. The lowest BCUT2D eigenvalue weighted by Crippen LogP contribution is -2.14. The summed E-state index contributed by atoms with van der Waals surface area (Å²) in [6.45, 7) is 0.324. The molecule has 4 rings (SSSR count). The zero-order valence-electron chi connectivity index (χ0n) is 17.4. The highest BCUT2D eigenvalue weighted by Gasteiger charge is 2.15. The van der Waals surface area contributed by atoms with E-state index < -0.39 is 5.82 Å². The standard InChI is InChI=1S/C24H16BrCl3FN3O2/c25-18-12-32(11-17-19(27)5-2-6-21(17)29)31-23(18)30-24(33)15-4-1-3-14(9-15)13-34-22-8-7-16(26)10-20(22)28/h1-10,12H,11,13H2,(H,30,31,33). The van der Waals surface area contributed by atoms with Gasteiger partial charge in [-0.3, -0.25) is 9.48 Å². The molecule has 1 N–H and O–H groups in total. The predicted molar refractivity (Wildman–Crippen MR) is 136 cm³/mol. The van der Waals surface area contributed by atoms with E-state index in [1.54, 1.807) is 48.7 Å². The molecule has 0 spiro atoms. The van der Waals surface area contributed by atoms with Crippen molar-refractivity contribution in [1.82, 2.24) is 9.78 Å². The third kappa shape index (κ3) is 5.91. The molecular weight excluding hydrogens is 568 g/mol. The van der Waals surface area contributed by atoms with Crippen molar-refractivity contribution in [1.29, 1.82) is 0 Å². The van der Waals surface area contributed by atoms with Gasteiger partial charge in [-0.25, -0.2) is 4.39 Å². The van der Waals surface area contributed by atoms with Gasteiger partial charge in [-0.2, -0.15) is 5.10 Å². The molecule has 1 amide bonds. The third-order valence-electron chi connectivity index (χ3n) is 4.81. The highest BCUT2D eigenvalue weighted by Crippen LogP contribution is 2.28. The predicted octanol–water partition coefficient (Wildman–Crippen LogP) is 7.62. The van der Waals surface area contributed by atoms with Crippen LogP contribution in [0.1, 0.15) is 21.5 Å². The van der Waals surface area contributed by atoms with Crippen LogP contribution >= 0.6 is 50.7 Å². The Labute approximate surface area is 218 Å². The summed E-state index contributed by atoms with van der Waals surface area (Å²) in [6.07, 6.45) is 1.64. The lowest BCUT2D eigenvalue weighted by atomic mass is 10.1. The van der Waals surface area contributed by atoms with Crippen LogP contribution in [0, 0.1) is 5.82 Å². The van der Waals surface area contributed by atoms with Gasteiger partial charge in [-0.05, 0) is 64.0 Å². The number of halogens is 5. The van der Waals surface area contributed by atoms with Crippen LogP contribution < -0.4 is 10.1 Å². The number of ether oxygens (including phenoxy) is 1. The van der Waals surface area contributed by atoms with Crippen LogP contribution in [0.15, 0.2) is 71.3 Å². The molecule has 3 aromatic carbocycles. The lowest BCUT2D eigenvalue weighted by molar-refractivity contribution is 0.102. The minimum Gasteiger partial charge on any atom is -0.487 e. The molecule has 34 heavy (non-hydrogen) atoms. The number of anilines is 1. The molecule has 0 aliphatic heterocycles. The molecule has 10 heteroatoms. The van der Waals surface area contributed by atoms with Crippen molar-refractivity contribution in [3.63, 3.8) is 0 Å². The van der Waals surface area contributed by atoms with E-state index in [1.807, 2.05) is 6.07 Å². The van der Waals surface area contributed by atoms with Crippen LogP contribution in [0.4, 0.5) is 10.2 Å². The first-order valence-electron chi connectivity index (χ1n) is 9.94. The summed E-state index contributed by atoms with van der Waals surface area (Å²) in [5.41, 5.74) is 1.50. The smallest absolute Gasteiger partial charge is 0.256 e. The maximum atomic E-state index is 14.1. The number of rotatable bonds is 7. The van der Waals surface area contributed by atoms with Gasteiger partial charge in [0.25, 0.3) is 5.91 Å². The molecule has 0 saturated carbocycles. The minimum absolute atomic E-state index is 0.111. The van der Waals surface area contributed by atoms with Gasteiger partial charge >= 0.3 is 0 Å². The fourth-order valence-electron chi connectivity index (χ4n) is 3.14. The van der Waals surface area contributed by atoms with Crippen LogP contribution in [0.2, 0.25) is 15.1 Å². The Hall–Kier alpha value is -2.58. The average Bonchev–Trinajstić information content (AvgIpc) is 3.14. The molecule has 0 saturated heterocycles. The highest BCUT2D eigenvalue weighted by atomic mass is 79.9. The Bertz CT molecular complexity index is 1340. The monoisotopic (exact) mass is 581 g/mol. The molecule has 1 heterocycles.